The van der Waals surface area contributed by atoms with Crippen LogP contribution >= 0.6 is 43.2 Å². The molecule has 3 aromatic rings. The highest BCUT2D eigenvalue weighted by molar-refractivity contribution is 9.11. The first kappa shape index (κ1) is 27.5. The van der Waals surface area contributed by atoms with E-state index in [1.165, 1.54) is 16.9 Å². The summed E-state index contributed by atoms with van der Waals surface area (Å²) in [6.45, 7) is 8.26. The number of ether oxygens (including phenoxy) is 1. The fourth-order valence-electron chi connectivity index (χ4n) is 4.34. The molecule has 194 valence electrons. The average Bonchev–Trinajstić information content (AvgIpc) is 3.16. The minimum absolute atomic E-state index is 0.0359. The van der Waals surface area contributed by atoms with Crippen molar-refractivity contribution in [1.82, 2.24) is 4.57 Å². The number of hydrogen-bond donors (Lipinski definition) is 1. The molecule has 1 aliphatic heterocycles. The van der Waals surface area contributed by atoms with E-state index < -0.39 is 12.0 Å². The van der Waals surface area contributed by atoms with E-state index in [4.69, 9.17) is 9.73 Å². The van der Waals surface area contributed by atoms with Crippen LogP contribution in [0.4, 0.5) is 0 Å². The average molecular weight is 648 g/mol. The number of carbonyl (C=O) groups is 1. The van der Waals surface area contributed by atoms with Gasteiger partial charge in [0.1, 0.15) is 5.75 Å². The van der Waals surface area contributed by atoms with Gasteiger partial charge in [-0.05, 0) is 64.5 Å². The van der Waals surface area contributed by atoms with E-state index in [0.717, 1.165) is 16.5 Å². The van der Waals surface area contributed by atoms with Crippen LogP contribution < -0.4 is 14.9 Å². The maximum absolute atomic E-state index is 13.9. The van der Waals surface area contributed by atoms with E-state index in [-0.39, 0.29) is 17.9 Å². The van der Waals surface area contributed by atoms with E-state index in [1.54, 1.807) is 29.7 Å². The Morgan fingerprint density at radius 2 is 1.92 bits per heavy atom. The molecule has 4 rings (SSSR count). The molecule has 0 saturated heterocycles. The van der Waals surface area contributed by atoms with Gasteiger partial charge < -0.3 is 9.84 Å². The highest BCUT2D eigenvalue weighted by Crippen LogP contribution is 2.34. The van der Waals surface area contributed by atoms with E-state index in [2.05, 4.69) is 45.7 Å². The molecule has 9 heteroatoms. The van der Waals surface area contributed by atoms with Crippen molar-refractivity contribution in [2.45, 2.75) is 52.5 Å². The Morgan fingerprint density at radius 3 is 2.54 bits per heavy atom. The Hall–Kier alpha value is -2.49. The highest BCUT2D eigenvalue weighted by atomic mass is 79.9. The van der Waals surface area contributed by atoms with Crippen molar-refractivity contribution < 1.29 is 14.6 Å². The molecular formula is C28H28Br2N2O4S. The van der Waals surface area contributed by atoms with E-state index in [9.17, 15) is 14.7 Å². The van der Waals surface area contributed by atoms with Gasteiger partial charge >= 0.3 is 5.97 Å². The first-order valence-electron chi connectivity index (χ1n) is 12.2. The van der Waals surface area contributed by atoms with Crippen LogP contribution in [0.25, 0.3) is 6.08 Å². The van der Waals surface area contributed by atoms with Crippen molar-refractivity contribution in [3.8, 4) is 5.75 Å². The number of nitrogens with zero attached hydrogens (tertiary/aromatic N) is 2. The minimum Gasteiger partial charge on any atom is -0.506 e. The van der Waals surface area contributed by atoms with E-state index >= 15 is 0 Å². The number of phenolic OH excluding ortho intramolecular Hbond substituents is 1. The molecular weight excluding hydrogens is 620 g/mol. The number of thiazole rings is 1. The van der Waals surface area contributed by atoms with Crippen LogP contribution in [0.1, 0.15) is 69.2 Å². The smallest absolute Gasteiger partial charge is 0.338 e. The summed E-state index contributed by atoms with van der Waals surface area (Å²) in [7, 11) is 0. The molecule has 0 amide bonds. The molecule has 37 heavy (non-hydrogen) atoms. The fourth-order valence-corrected chi connectivity index (χ4v) is 6.61. The summed E-state index contributed by atoms with van der Waals surface area (Å²) in [5.41, 5.74) is 3.23. The Morgan fingerprint density at radius 1 is 1.22 bits per heavy atom. The van der Waals surface area contributed by atoms with Gasteiger partial charge in [-0.15, -0.1) is 0 Å². The summed E-state index contributed by atoms with van der Waals surface area (Å²) < 4.78 is 8.71. The van der Waals surface area contributed by atoms with Crippen molar-refractivity contribution in [2.75, 3.05) is 6.61 Å². The second-order valence-corrected chi connectivity index (χ2v) is 11.8. The van der Waals surface area contributed by atoms with Gasteiger partial charge in [-0.3, -0.25) is 9.36 Å². The number of benzene rings is 2. The van der Waals surface area contributed by atoms with E-state index in [0.29, 0.717) is 43.0 Å². The summed E-state index contributed by atoms with van der Waals surface area (Å²) in [4.78, 5) is 32.4. The second-order valence-electron chi connectivity index (χ2n) is 9.06. The highest BCUT2D eigenvalue weighted by Gasteiger charge is 2.34. The third-order valence-corrected chi connectivity index (χ3v) is 8.20. The zero-order valence-corrected chi connectivity index (χ0v) is 25.0. The van der Waals surface area contributed by atoms with Gasteiger partial charge in [-0.25, -0.2) is 9.79 Å². The van der Waals surface area contributed by atoms with Crippen LogP contribution in [0.5, 0.6) is 5.75 Å². The SMILES string of the molecule is CCCC1=C(C(=O)OCC)[C@@H](c2ccc(C(C)C)cc2)n2c(s/c(=C\c3cc(Br)cc(Br)c3O)c2=O)=N1. The third-order valence-electron chi connectivity index (χ3n) is 6.16. The van der Waals surface area contributed by atoms with Crippen molar-refractivity contribution in [2.24, 2.45) is 4.99 Å². The predicted molar refractivity (Wildman–Crippen MR) is 154 cm³/mol. The molecule has 0 bridgehead atoms. The van der Waals surface area contributed by atoms with Gasteiger partial charge in [-0.1, -0.05) is 78.7 Å². The second kappa shape index (κ2) is 11.5. The number of esters is 1. The monoisotopic (exact) mass is 646 g/mol. The number of phenols is 1. The summed E-state index contributed by atoms with van der Waals surface area (Å²) in [5, 5.41) is 10.6. The van der Waals surface area contributed by atoms with Crippen LogP contribution in [0.2, 0.25) is 0 Å². The first-order valence-corrected chi connectivity index (χ1v) is 14.6. The quantitative estimate of drug-likeness (QED) is 0.322. The van der Waals surface area contributed by atoms with Crippen LogP contribution in [0.15, 0.2) is 66.4 Å². The Balaban J connectivity index is 2.00. The Kier molecular flexibility index (Phi) is 8.56. The van der Waals surface area contributed by atoms with E-state index in [1.807, 2.05) is 31.2 Å². The van der Waals surface area contributed by atoms with Crippen molar-refractivity contribution in [3.05, 3.63) is 93.0 Å². The molecule has 0 saturated carbocycles. The summed E-state index contributed by atoms with van der Waals surface area (Å²) >= 11 is 8.03. The number of rotatable bonds is 7. The number of aromatic hydroxyl groups is 1. The van der Waals surface area contributed by atoms with Crippen LogP contribution in [0, 0.1) is 0 Å². The predicted octanol–water partition coefficient (Wildman–Crippen LogP) is 5.93. The maximum Gasteiger partial charge on any atom is 0.338 e. The van der Waals surface area contributed by atoms with Gasteiger partial charge in [0.05, 0.1) is 32.9 Å². The first-order chi connectivity index (χ1) is 17.7. The number of halogens is 2. The lowest BCUT2D eigenvalue weighted by Crippen LogP contribution is -2.40. The molecule has 0 unspecified atom stereocenters. The summed E-state index contributed by atoms with van der Waals surface area (Å²) in [6.07, 6.45) is 3.02. The lowest BCUT2D eigenvalue weighted by atomic mass is 9.92. The summed E-state index contributed by atoms with van der Waals surface area (Å²) in [5.74, 6) is -0.0758. The minimum atomic E-state index is -0.664. The number of fused-ring (bicyclic) bond motifs is 1. The van der Waals surface area contributed by atoms with Gasteiger partial charge in [0.15, 0.2) is 4.80 Å². The topological polar surface area (TPSA) is 80.9 Å². The largest absolute Gasteiger partial charge is 0.506 e. The van der Waals surface area contributed by atoms with Gasteiger partial charge in [-0.2, -0.15) is 0 Å². The molecule has 1 N–H and O–H groups in total. The molecule has 0 spiro atoms. The van der Waals surface area contributed by atoms with Gasteiger partial charge in [0.25, 0.3) is 5.56 Å². The number of aromatic nitrogens is 1. The zero-order chi connectivity index (χ0) is 26.9. The molecule has 1 atom stereocenters. The van der Waals surface area contributed by atoms with Gasteiger partial charge in [0.2, 0.25) is 0 Å². The third kappa shape index (κ3) is 5.54. The molecule has 2 aromatic carbocycles. The maximum atomic E-state index is 13.9. The molecule has 1 aromatic heterocycles. The number of hydrogen-bond acceptors (Lipinski definition) is 6. The molecule has 6 nitrogen and oxygen atoms in total. The zero-order valence-electron chi connectivity index (χ0n) is 21.0. The van der Waals surface area contributed by atoms with Crippen LogP contribution in [0.3, 0.4) is 0 Å². The normalized spacial score (nSPS) is 15.6. The molecule has 1 aliphatic rings. The lowest BCUT2D eigenvalue weighted by molar-refractivity contribution is -0.139. The standard InChI is InChI=1S/C28H28Br2N2O4S/c1-5-7-21-23(27(35)36-6-2)24(17-10-8-16(9-11-17)15(3)4)32-26(34)22(37-28(32)31-21)13-18-12-19(29)14-20(30)25(18)33/h8-15,24,33H,5-7H2,1-4H3/b22-13-/t24-/m1/s1. The molecule has 0 radical (unpaired) electrons. The lowest BCUT2D eigenvalue weighted by Gasteiger charge is -2.26. The fraction of sp³-hybridized carbons (Fsp3) is 0.321. The van der Waals surface area contributed by atoms with Crippen molar-refractivity contribution in [3.63, 3.8) is 0 Å². The van der Waals surface area contributed by atoms with Crippen LogP contribution in [-0.2, 0) is 9.53 Å². The summed E-state index contributed by atoms with van der Waals surface area (Å²) in [6, 6.07) is 10.8. The van der Waals surface area contributed by atoms with Crippen LogP contribution in [-0.4, -0.2) is 22.2 Å². The Labute approximate surface area is 236 Å². The van der Waals surface area contributed by atoms with Gasteiger partial charge in [0, 0.05) is 10.0 Å². The van der Waals surface area contributed by atoms with Crippen molar-refractivity contribution in [1.29, 1.82) is 0 Å². The Bertz CT molecular complexity index is 1550. The molecule has 0 fully saturated rings. The number of allylic oxidation sites excluding steroid dienone is 1. The van der Waals surface area contributed by atoms with Crippen molar-refractivity contribution >= 4 is 55.2 Å². The number of carbonyl (C=O) groups excluding carboxylic acids is 1. The molecule has 2 heterocycles. The molecule has 0 aliphatic carbocycles.